The van der Waals surface area contributed by atoms with Gasteiger partial charge in [0, 0.05) is 38.9 Å². The Hall–Kier alpha value is -2.26. The topological polar surface area (TPSA) is 85.1 Å². The van der Waals surface area contributed by atoms with Crippen LogP contribution in [-0.2, 0) is 27.1 Å². The maximum atomic E-state index is 12.3. The number of fused-ring (bicyclic) bond motifs is 2. The van der Waals surface area contributed by atoms with E-state index in [1.807, 2.05) is 9.42 Å². The van der Waals surface area contributed by atoms with Crippen molar-refractivity contribution in [1.82, 2.24) is 24.5 Å². The molecule has 27 heavy (non-hydrogen) atoms. The SMILES string of the molecule is COCCOCC(=O)N1CCN(c2c3c(nc4ncnn24)CCCC3)CC1. The maximum absolute atomic E-state index is 12.3. The summed E-state index contributed by atoms with van der Waals surface area (Å²) in [5, 5.41) is 4.40. The molecular weight excluding hydrogens is 348 g/mol. The summed E-state index contributed by atoms with van der Waals surface area (Å²) in [5.41, 5.74) is 2.45. The summed E-state index contributed by atoms with van der Waals surface area (Å²) in [6.45, 7) is 3.96. The van der Waals surface area contributed by atoms with Crippen molar-refractivity contribution in [2.75, 3.05) is 58.0 Å². The van der Waals surface area contributed by atoms with Crippen LogP contribution in [0.3, 0.4) is 0 Å². The van der Waals surface area contributed by atoms with Gasteiger partial charge in [-0.25, -0.2) is 4.98 Å². The van der Waals surface area contributed by atoms with Crippen LogP contribution in [-0.4, -0.2) is 83.5 Å². The number of ether oxygens (including phenoxy) is 2. The van der Waals surface area contributed by atoms with Gasteiger partial charge in [0.05, 0.1) is 18.9 Å². The Kier molecular flexibility index (Phi) is 5.49. The number of carbonyl (C=O) groups is 1. The van der Waals surface area contributed by atoms with Gasteiger partial charge in [-0.1, -0.05) is 0 Å². The minimum atomic E-state index is 0.0356. The van der Waals surface area contributed by atoms with Crippen LogP contribution in [0.4, 0.5) is 5.82 Å². The van der Waals surface area contributed by atoms with E-state index in [0.717, 1.165) is 37.4 Å². The van der Waals surface area contributed by atoms with E-state index in [9.17, 15) is 4.79 Å². The van der Waals surface area contributed by atoms with Crippen LogP contribution in [0.5, 0.6) is 0 Å². The number of aryl methyl sites for hydroxylation is 1. The maximum Gasteiger partial charge on any atom is 0.254 e. The molecule has 4 rings (SSSR count). The van der Waals surface area contributed by atoms with E-state index >= 15 is 0 Å². The molecule has 3 heterocycles. The number of aromatic nitrogens is 4. The summed E-state index contributed by atoms with van der Waals surface area (Å²) >= 11 is 0. The molecule has 2 aliphatic rings. The highest BCUT2D eigenvalue weighted by molar-refractivity contribution is 5.77. The van der Waals surface area contributed by atoms with E-state index < -0.39 is 0 Å². The molecule has 0 unspecified atom stereocenters. The zero-order valence-corrected chi connectivity index (χ0v) is 15.8. The molecule has 0 spiro atoms. The molecule has 9 heteroatoms. The summed E-state index contributed by atoms with van der Waals surface area (Å²) in [6.07, 6.45) is 5.95. The molecule has 0 bridgehead atoms. The van der Waals surface area contributed by atoms with Gasteiger partial charge in [0.25, 0.3) is 5.78 Å². The van der Waals surface area contributed by atoms with E-state index in [1.54, 1.807) is 13.4 Å². The minimum absolute atomic E-state index is 0.0356. The van der Waals surface area contributed by atoms with Crippen LogP contribution < -0.4 is 4.90 Å². The molecule has 1 fully saturated rings. The number of anilines is 1. The first kappa shape index (κ1) is 18.1. The van der Waals surface area contributed by atoms with Crippen LogP contribution in [0.15, 0.2) is 6.33 Å². The van der Waals surface area contributed by atoms with Gasteiger partial charge in [0.1, 0.15) is 18.8 Å². The van der Waals surface area contributed by atoms with Crippen molar-refractivity contribution in [3.05, 3.63) is 17.6 Å². The highest BCUT2D eigenvalue weighted by Gasteiger charge is 2.27. The van der Waals surface area contributed by atoms with Crippen LogP contribution in [0, 0.1) is 0 Å². The summed E-state index contributed by atoms with van der Waals surface area (Å²) in [5.74, 6) is 1.81. The second-order valence-electron chi connectivity index (χ2n) is 6.95. The van der Waals surface area contributed by atoms with Gasteiger partial charge in [-0.05, 0) is 25.7 Å². The molecule has 1 aliphatic carbocycles. The quantitative estimate of drug-likeness (QED) is 0.673. The predicted molar refractivity (Wildman–Crippen MR) is 98.9 cm³/mol. The van der Waals surface area contributed by atoms with Crippen molar-refractivity contribution in [2.45, 2.75) is 25.7 Å². The zero-order chi connectivity index (χ0) is 18.6. The number of piperazine rings is 1. The first-order chi connectivity index (χ1) is 13.3. The second-order valence-corrected chi connectivity index (χ2v) is 6.95. The molecule has 0 radical (unpaired) electrons. The lowest BCUT2D eigenvalue weighted by Crippen LogP contribution is -2.50. The van der Waals surface area contributed by atoms with Crippen molar-refractivity contribution >= 4 is 17.5 Å². The normalized spacial score (nSPS) is 17.4. The monoisotopic (exact) mass is 374 g/mol. The van der Waals surface area contributed by atoms with E-state index in [-0.39, 0.29) is 12.5 Å². The van der Waals surface area contributed by atoms with Crippen LogP contribution in [0.25, 0.3) is 5.78 Å². The Balaban J connectivity index is 1.45. The molecule has 2 aromatic heterocycles. The van der Waals surface area contributed by atoms with Crippen molar-refractivity contribution in [2.24, 2.45) is 0 Å². The number of hydrogen-bond acceptors (Lipinski definition) is 7. The molecule has 1 amide bonds. The lowest BCUT2D eigenvalue weighted by atomic mass is 9.96. The molecular formula is C18H26N6O3. The van der Waals surface area contributed by atoms with Crippen molar-refractivity contribution in [1.29, 1.82) is 0 Å². The Morgan fingerprint density at radius 3 is 2.78 bits per heavy atom. The fourth-order valence-corrected chi connectivity index (χ4v) is 3.85. The third-order valence-electron chi connectivity index (χ3n) is 5.26. The zero-order valence-electron chi connectivity index (χ0n) is 15.8. The second kappa shape index (κ2) is 8.18. The Labute approximate surface area is 158 Å². The molecule has 0 N–H and O–H groups in total. The number of nitrogens with zero attached hydrogens (tertiary/aromatic N) is 6. The number of methoxy groups -OCH3 is 1. The van der Waals surface area contributed by atoms with E-state index in [1.165, 1.54) is 18.4 Å². The van der Waals surface area contributed by atoms with Crippen LogP contribution in [0.2, 0.25) is 0 Å². The fraction of sp³-hybridized carbons (Fsp3) is 0.667. The Morgan fingerprint density at radius 2 is 1.96 bits per heavy atom. The average Bonchev–Trinajstić information content (AvgIpc) is 3.17. The van der Waals surface area contributed by atoms with Gasteiger partial charge >= 0.3 is 0 Å². The Bertz CT molecular complexity index is 800. The molecule has 0 atom stereocenters. The average molecular weight is 374 g/mol. The van der Waals surface area contributed by atoms with Gasteiger partial charge in [-0.2, -0.15) is 14.6 Å². The van der Waals surface area contributed by atoms with Gasteiger partial charge in [0.15, 0.2) is 0 Å². The molecule has 146 valence electrons. The predicted octanol–water partition coefficient (Wildman–Crippen LogP) is 0.315. The fourth-order valence-electron chi connectivity index (χ4n) is 3.85. The molecule has 2 aromatic rings. The smallest absolute Gasteiger partial charge is 0.254 e. The summed E-state index contributed by atoms with van der Waals surface area (Å²) in [6, 6.07) is 0. The highest BCUT2D eigenvalue weighted by Crippen LogP contribution is 2.30. The van der Waals surface area contributed by atoms with Gasteiger partial charge in [-0.3, -0.25) is 4.79 Å². The van der Waals surface area contributed by atoms with Gasteiger partial charge in [0.2, 0.25) is 5.91 Å². The summed E-state index contributed by atoms with van der Waals surface area (Å²) in [4.78, 5) is 25.5. The van der Waals surface area contributed by atoms with Crippen LogP contribution >= 0.6 is 0 Å². The lowest BCUT2D eigenvalue weighted by molar-refractivity contribution is -0.136. The van der Waals surface area contributed by atoms with Crippen molar-refractivity contribution in [3.63, 3.8) is 0 Å². The minimum Gasteiger partial charge on any atom is -0.382 e. The van der Waals surface area contributed by atoms with E-state index in [2.05, 4.69) is 15.0 Å². The number of amides is 1. The molecule has 0 aromatic carbocycles. The van der Waals surface area contributed by atoms with E-state index in [0.29, 0.717) is 32.1 Å². The third-order valence-corrected chi connectivity index (χ3v) is 5.26. The standard InChI is InChI=1S/C18H26N6O3/c1-26-10-11-27-12-16(25)22-6-8-23(9-7-22)17-14-4-2-3-5-15(14)21-18-19-13-20-24(17)18/h13H,2-12H2,1H3. The molecule has 1 saturated heterocycles. The lowest BCUT2D eigenvalue weighted by Gasteiger charge is -2.37. The van der Waals surface area contributed by atoms with Gasteiger partial charge < -0.3 is 19.3 Å². The number of rotatable bonds is 6. The van der Waals surface area contributed by atoms with E-state index in [4.69, 9.17) is 14.5 Å². The first-order valence-electron chi connectivity index (χ1n) is 9.59. The summed E-state index contributed by atoms with van der Waals surface area (Å²) in [7, 11) is 1.62. The number of carbonyl (C=O) groups excluding carboxylic acids is 1. The number of hydrogen-bond donors (Lipinski definition) is 0. The van der Waals surface area contributed by atoms with Crippen LogP contribution in [0.1, 0.15) is 24.1 Å². The molecule has 0 saturated carbocycles. The van der Waals surface area contributed by atoms with Gasteiger partial charge in [-0.15, -0.1) is 0 Å². The highest BCUT2D eigenvalue weighted by atomic mass is 16.5. The Morgan fingerprint density at radius 1 is 1.15 bits per heavy atom. The largest absolute Gasteiger partial charge is 0.382 e. The first-order valence-corrected chi connectivity index (χ1v) is 9.59. The molecule has 1 aliphatic heterocycles. The summed E-state index contributed by atoms with van der Waals surface area (Å²) < 4.78 is 12.1. The van der Waals surface area contributed by atoms with Crippen molar-refractivity contribution < 1.29 is 14.3 Å². The third kappa shape index (κ3) is 3.74. The molecule has 9 nitrogen and oxygen atoms in total. The van der Waals surface area contributed by atoms with Crippen molar-refractivity contribution in [3.8, 4) is 0 Å².